The largest absolute Gasteiger partial charge is 0.315 e. The highest BCUT2D eigenvalue weighted by atomic mass is 15.2. The van der Waals surface area contributed by atoms with Crippen LogP contribution in [0.5, 0.6) is 0 Å². The SMILES string of the molecule is CCCCCNCCN(CCC)C1CC1. The third-order valence-electron chi connectivity index (χ3n) is 3.11. The van der Waals surface area contributed by atoms with Gasteiger partial charge in [0.2, 0.25) is 0 Å². The zero-order chi connectivity index (χ0) is 10.9. The average molecular weight is 212 g/mol. The van der Waals surface area contributed by atoms with E-state index in [0.29, 0.717) is 0 Å². The topological polar surface area (TPSA) is 15.3 Å². The first-order valence-corrected chi connectivity index (χ1v) is 6.83. The summed E-state index contributed by atoms with van der Waals surface area (Å²) in [6.07, 6.45) is 8.21. The third kappa shape index (κ3) is 6.16. The zero-order valence-electron chi connectivity index (χ0n) is 10.6. The van der Waals surface area contributed by atoms with Crippen LogP contribution in [0.2, 0.25) is 0 Å². The molecular formula is C13H28N2. The lowest BCUT2D eigenvalue weighted by atomic mass is 10.2. The lowest BCUT2D eigenvalue weighted by Crippen LogP contribution is -2.34. The van der Waals surface area contributed by atoms with Crippen molar-refractivity contribution in [2.75, 3.05) is 26.2 Å². The van der Waals surface area contributed by atoms with E-state index in [2.05, 4.69) is 24.1 Å². The van der Waals surface area contributed by atoms with E-state index >= 15 is 0 Å². The molecule has 0 spiro atoms. The standard InChI is InChI=1S/C13H28N2/c1-3-5-6-9-14-10-12-15(11-4-2)13-7-8-13/h13-14H,3-12H2,1-2H3. The first kappa shape index (κ1) is 13.0. The molecule has 1 saturated carbocycles. The molecule has 0 aromatic heterocycles. The molecular weight excluding hydrogens is 184 g/mol. The predicted octanol–water partition coefficient (Wildman–Crippen LogP) is 2.64. The Morgan fingerprint density at radius 3 is 2.40 bits per heavy atom. The summed E-state index contributed by atoms with van der Waals surface area (Å²) >= 11 is 0. The molecule has 0 aromatic carbocycles. The normalized spacial score (nSPS) is 16.2. The summed E-state index contributed by atoms with van der Waals surface area (Å²) in [5.74, 6) is 0. The van der Waals surface area contributed by atoms with Crippen molar-refractivity contribution in [3.05, 3.63) is 0 Å². The summed E-state index contributed by atoms with van der Waals surface area (Å²) in [5.41, 5.74) is 0. The molecule has 1 aliphatic rings. The Morgan fingerprint density at radius 1 is 1.00 bits per heavy atom. The molecule has 0 heterocycles. The Balaban J connectivity index is 1.92. The second kappa shape index (κ2) is 8.12. The van der Waals surface area contributed by atoms with E-state index in [4.69, 9.17) is 0 Å². The highest BCUT2D eigenvalue weighted by Crippen LogP contribution is 2.26. The van der Waals surface area contributed by atoms with Gasteiger partial charge in [-0.1, -0.05) is 26.7 Å². The van der Waals surface area contributed by atoms with E-state index in [-0.39, 0.29) is 0 Å². The van der Waals surface area contributed by atoms with Crippen molar-refractivity contribution < 1.29 is 0 Å². The van der Waals surface area contributed by atoms with Gasteiger partial charge in [0.15, 0.2) is 0 Å². The molecule has 1 fully saturated rings. The van der Waals surface area contributed by atoms with Crippen LogP contribution in [0.25, 0.3) is 0 Å². The number of hydrogen-bond donors (Lipinski definition) is 1. The van der Waals surface area contributed by atoms with Crippen molar-refractivity contribution in [1.82, 2.24) is 10.2 Å². The molecule has 1 aliphatic carbocycles. The van der Waals surface area contributed by atoms with Crippen molar-refractivity contribution >= 4 is 0 Å². The van der Waals surface area contributed by atoms with Crippen LogP contribution in [0.15, 0.2) is 0 Å². The van der Waals surface area contributed by atoms with Crippen LogP contribution < -0.4 is 5.32 Å². The van der Waals surface area contributed by atoms with Crippen LogP contribution in [0.4, 0.5) is 0 Å². The quantitative estimate of drug-likeness (QED) is 0.560. The van der Waals surface area contributed by atoms with Crippen LogP contribution in [-0.2, 0) is 0 Å². The minimum atomic E-state index is 0.933. The number of nitrogens with zero attached hydrogens (tertiary/aromatic N) is 1. The predicted molar refractivity (Wildman–Crippen MR) is 67.3 cm³/mol. The van der Waals surface area contributed by atoms with Gasteiger partial charge in [-0.15, -0.1) is 0 Å². The minimum absolute atomic E-state index is 0.933. The molecule has 2 heteroatoms. The van der Waals surface area contributed by atoms with Crippen LogP contribution in [-0.4, -0.2) is 37.1 Å². The van der Waals surface area contributed by atoms with E-state index in [0.717, 1.165) is 6.04 Å². The molecule has 0 unspecified atom stereocenters. The monoisotopic (exact) mass is 212 g/mol. The van der Waals surface area contributed by atoms with E-state index in [9.17, 15) is 0 Å². The van der Waals surface area contributed by atoms with E-state index in [1.807, 2.05) is 0 Å². The fourth-order valence-electron chi connectivity index (χ4n) is 2.05. The molecule has 1 rings (SSSR count). The summed E-state index contributed by atoms with van der Waals surface area (Å²) < 4.78 is 0. The molecule has 1 N–H and O–H groups in total. The maximum Gasteiger partial charge on any atom is 0.0110 e. The zero-order valence-corrected chi connectivity index (χ0v) is 10.6. The second-order valence-electron chi connectivity index (χ2n) is 4.72. The number of hydrogen-bond acceptors (Lipinski definition) is 2. The average Bonchev–Trinajstić information content (AvgIpc) is 3.05. The van der Waals surface area contributed by atoms with E-state index in [1.165, 1.54) is 64.7 Å². The Morgan fingerprint density at radius 2 is 1.80 bits per heavy atom. The van der Waals surface area contributed by atoms with Gasteiger partial charge in [-0.2, -0.15) is 0 Å². The summed E-state index contributed by atoms with van der Waals surface area (Å²) in [7, 11) is 0. The van der Waals surface area contributed by atoms with Gasteiger partial charge in [-0.3, -0.25) is 4.90 Å². The van der Waals surface area contributed by atoms with Crippen LogP contribution in [0.3, 0.4) is 0 Å². The fraction of sp³-hybridized carbons (Fsp3) is 1.00. The van der Waals surface area contributed by atoms with Crippen LogP contribution in [0.1, 0.15) is 52.4 Å². The maximum absolute atomic E-state index is 3.55. The van der Waals surface area contributed by atoms with Crippen molar-refractivity contribution in [3.63, 3.8) is 0 Å². The van der Waals surface area contributed by atoms with Gasteiger partial charge < -0.3 is 5.32 Å². The third-order valence-corrected chi connectivity index (χ3v) is 3.11. The Hall–Kier alpha value is -0.0800. The van der Waals surface area contributed by atoms with E-state index < -0.39 is 0 Å². The van der Waals surface area contributed by atoms with Gasteiger partial charge in [0.25, 0.3) is 0 Å². The van der Waals surface area contributed by atoms with Gasteiger partial charge in [-0.05, 0) is 38.8 Å². The molecule has 90 valence electrons. The highest BCUT2D eigenvalue weighted by molar-refractivity contribution is 4.84. The van der Waals surface area contributed by atoms with Gasteiger partial charge in [-0.25, -0.2) is 0 Å². The first-order valence-electron chi connectivity index (χ1n) is 6.83. The van der Waals surface area contributed by atoms with Gasteiger partial charge >= 0.3 is 0 Å². The molecule has 0 saturated heterocycles. The van der Waals surface area contributed by atoms with Crippen LogP contribution in [0, 0.1) is 0 Å². The summed E-state index contributed by atoms with van der Waals surface area (Å²) in [6, 6.07) is 0.933. The maximum atomic E-state index is 3.55. The van der Waals surface area contributed by atoms with Gasteiger partial charge in [0.1, 0.15) is 0 Å². The first-order chi connectivity index (χ1) is 7.38. The van der Waals surface area contributed by atoms with Gasteiger partial charge in [0.05, 0.1) is 0 Å². The second-order valence-corrected chi connectivity index (χ2v) is 4.72. The van der Waals surface area contributed by atoms with Gasteiger partial charge in [0, 0.05) is 19.1 Å². The summed E-state index contributed by atoms with van der Waals surface area (Å²) in [5, 5.41) is 3.55. The Labute approximate surface area is 95.4 Å². The number of nitrogens with one attached hydrogen (secondary N) is 1. The van der Waals surface area contributed by atoms with Crippen molar-refractivity contribution in [1.29, 1.82) is 0 Å². The Bertz CT molecular complexity index is 143. The lowest BCUT2D eigenvalue weighted by Gasteiger charge is -2.21. The smallest absolute Gasteiger partial charge is 0.0110 e. The molecule has 0 radical (unpaired) electrons. The summed E-state index contributed by atoms with van der Waals surface area (Å²) in [6.45, 7) is 9.48. The molecule has 0 aromatic rings. The highest BCUT2D eigenvalue weighted by Gasteiger charge is 2.27. The Kier molecular flexibility index (Phi) is 7.03. The number of rotatable bonds is 10. The minimum Gasteiger partial charge on any atom is -0.315 e. The lowest BCUT2D eigenvalue weighted by molar-refractivity contribution is 0.263. The molecule has 0 bridgehead atoms. The number of unbranched alkanes of at least 4 members (excludes halogenated alkanes) is 2. The molecule has 2 nitrogen and oxygen atoms in total. The van der Waals surface area contributed by atoms with Crippen molar-refractivity contribution in [2.45, 2.75) is 58.4 Å². The molecule has 0 atom stereocenters. The summed E-state index contributed by atoms with van der Waals surface area (Å²) in [4.78, 5) is 2.66. The molecule has 15 heavy (non-hydrogen) atoms. The van der Waals surface area contributed by atoms with E-state index in [1.54, 1.807) is 0 Å². The molecule has 0 amide bonds. The fourth-order valence-corrected chi connectivity index (χ4v) is 2.05. The van der Waals surface area contributed by atoms with Crippen LogP contribution >= 0.6 is 0 Å². The van der Waals surface area contributed by atoms with Crippen molar-refractivity contribution in [3.8, 4) is 0 Å². The van der Waals surface area contributed by atoms with Crippen molar-refractivity contribution in [2.24, 2.45) is 0 Å². The molecule has 0 aliphatic heterocycles.